The van der Waals surface area contributed by atoms with Gasteiger partial charge in [-0.2, -0.15) is 5.10 Å². The van der Waals surface area contributed by atoms with Crippen molar-refractivity contribution in [2.45, 2.75) is 51.8 Å². The summed E-state index contributed by atoms with van der Waals surface area (Å²) in [6, 6.07) is 2.28. The van der Waals surface area contributed by atoms with Crippen LogP contribution in [-0.4, -0.2) is 48.0 Å². The minimum absolute atomic E-state index is 0. The molecule has 24 heavy (non-hydrogen) atoms. The molecule has 1 saturated heterocycles. The summed E-state index contributed by atoms with van der Waals surface area (Å²) in [6.45, 7) is 8.39. The Bertz CT molecular complexity index is 569. The van der Waals surface area contributed by atoms with E-state index in [0.717, 1.165) is 25.9 Å². The minimum Gasteiger partial charge on any atom is -0.380 e. The van der Waals surface area contributed by atoms with E-state index in [1.54, 1.807) is 7.11 Å². The fourth-order valence-electron chi connectivity index (χ4n) is 4.36. The number of ether oxygens (including phenoxy) is 1. The number of aromatic nitrogens is 2. The van der Waals surface area contributed by atoms with Crippen molar-refractivity contribution in [2.75, 3.05) is 20.2 Å². The predicted molar refractivity (Wildman–Crippen MR) is 95.6 cm³/mol. The van der Waals surface area contributed by atoms with Gasteiger partial charge < -0.3 is 15.4 Å². The van der Waals surface area contributed by atoms with Crippen LogP contribution in [0.5, 0.6) is 0 Å². The summed E-state index contributed by atoms with van der Waals surface area (Å²) >= 11 is 0. The summed E-state index contributed by atoms with van der Waals surface area (Å²) in [5.41, 5.74) is 0.444. The zero-order valence-electron chi connectivity index (χ0n) is 14.9. The summed E-state index contributed by atoms with van der Waals surface area (Å²) in [7, 11) is 1.74. The zero-order valence-corrected chi connectivity index (χ0v) is 15.7. The van der Waals surface area contributed by atoms with Gasteiger partial charge in [0.2, 0.25) is 0 Å². The van der Waals surface area contributed by atoms with Crippen molar-refractivity contribution in [1.82, 2.24) is 20.4 Å². The maximum Gasteiger partial charge on any atom is 0.272 e. The molecule has 0 radical (unpaired) electrons. The van der Waals surface area contributed by atoms with Gasteiger partial charge in [0.1, 0.15) is 5.69 Å². The van der Waals surface area contributed by atoms with E-state index in [0.29, 0.717) is 17.7 Å². The number of nitrogens with zero attached hydrogens (tertiary/aromatic N) is 2. The van der Waals surface area contributed by atoms with Crippen molar-refractivity contribution in [3.05, 3.63) is 18.0 Å². The second kappa shape index (κ2) is 7.42. The van der Waals surface area contributed by atoms with Crippen LogP contribution in [0.1, 0.15) is 50.1 Å². The highest BCUT2D eigenvalue weighted by atomic mass is 35.5. The highest BCUT2D eigenvalue weighted by Crippen LogP contribution is 2.46. The summed E-state index contributed by atoms with van der Waals surface area (Å²) in [4.78, 5) is 12.5. The van der Waals surface area contributed by atoms with Crippen LogP contribution in [0.3, 0.4) is 0 Å². The third kappa shape index (κ3) is 3.32. The van der Waals surface area contributed by atoms with Crippen molar-refractivity contribution in [2.24, 2.45) is 11.3 Å². The summed E-state index contributed by atoms with van der Waals surface area (Å²) in [6.07, 6.45) is 4.36. The SMILES string of the molecule is COC1C(C)C(NC(=O)c2ccn(C3CCCNC3)n2)C1(C)C.Cl. The van der Waals surface area contributed by atoms with Gasteiger partial charge in [0.05, 0.1) is 12.1 Å². The molecule has 136 valence electrons. The summed E-state index contributed by atoms with van der Waals surface area (Å²) < 4.78 is 7.46. The lowest BCUT2D eigenvalue weighted by molar-refractivity contribution is -0.141. The fraction of sp³-hybridized carbons (Fsp3) is 0.765. The fourth-order valence-corrected chi connectivity index (χ4v) is 4.36. The van der Waals surface area contributed by atoms with Crippen LogP contribution in [0, 0.1) is 11.3 Å². The highest BCUT2D eigenvalue weighted by molar-refractivity contribution is 5.92. The number of carbonyl (C=O) groups is 1. The lowest BCUT2D eigenvalue weighted by Gasteiger charge is -2.56. The van der Waals surface area contributed by atoms with Gasteiger partial charge in [-0.3, -0.25) is 9.48 Å². The largest absolute Gasteiger partial charge is 0.380 e. The number of piperidine rings is 1. The second-order valence-corrected chi connectivity index (χ2v) is 7.47. The Morgan fingerprint density at radius 1 is 1.50 bits per heavy atom. The molecule has 3 rings (SSSR count). The van der Waals surface area contributed by atoms with Gasteiger partial charge >= 0.3 is 0 Å². The van der Waals surface area contributed by atoms with Crippen LogP contribution in [-0.2, 0) is 4.74 Å². The van der Waals surface area contributed by atoms with Crippen molar-refractivity contribution >= 4 is 18.3 Å². The molecule has 7 heteroatoms. The average Bonchev–Trinajstić information content (AvgIpc) is 3.03. The van der Waals surface area contributed by atoms with Gasteiger partial charge in [-0.15, -0.1) is 12.4 Å². The lowest BCUT2D eigenvalue weighted by atomic mass is 9.58. The number of hydrogen-bond acceptors (Lipinski definition) is 4. The van der Waals surface area contributed by atoms with E-state index in [-0.39, 0.29) is 35.9 Å². The monoisotopic (exact) mass is 356 g/mol. The first-order valence-corrected chi connectivity index (χ1v) is 8.54. The smallest absolute Gasteiger partial charge is 0.272 e. The number of nitrogens with one attached hydrogen (secondary N) is 2. The van der Waals surface area contributed by atoms with Gasteiger partial charge in [-0.25, -0.2) is 0 Å². The van der Waals surface area contributed by atoms with Crippen LogP contribution >= 0.6 is 12.4 Å². The number of methoxy groups -OCH3 is 1. The maximum atomic E-state index is 12.5. The van der Waals surface area contributed by atoms with Gasteiger partial charge in [0.25, 0.3) is 5.91 Å². The summed E-state index contributed by atoms with van der Waals surface area (Å²) in [5, 5.41) is 11.0. The Balaban J connectivity index is 0.00000208. The van der Waals surface area contributed by atoms with Crippen molar-refractivity contribution in [3.63, 3.8) is 0 Å². The van der Waals surface area contributed by atoms with E-state index in [1.165, 1.54) is 0 Å². The van der Waals surface area contributed by atoms with Crippen LogP contribution in [0.15, 0.2) is 12.3 Å². The van der Waals surface area contributed by atoms with Crippen LogP contribution in [0.4, 0.5) is 0 Å². The molecule has 0 aromatic carbocycles. The van der Waals surface area contributed by atoms with E-state index >= 15 is 0 Å². The van der Waals surface area contributed by atoms with E-state index in [2.05, 4.69) is 36.5 Å². The normalized spacial score (nSPS) is 31.7. The van der Waals surface area contributed by atoms with E-state index < -0.39 is 0 Å². The standard InChI is InChI=1S/C17H28N4O2.ClH/c1-11-14(17(2,3)15(11)23-4)19-16(22)13-7-9-21(20-13)12-6-5-8-18-10-12;/h7,9,11-12,14-15,18H,5-6,8,10H2,1-4H3,(H,19,22);1H. The number of halogens is 1. The molecule has 1 saturated carbocycles. The maximum absolute atomic E-state index is 12.5. The van der Waals surface area contributed by atoms with Gasteiger partial charge in [0, 0.05) is 37.2 Å². The molecule has 1 aliphatic heterocycles. The zero-order chi connectivity index (χ0) is 16.6. The first-order chi connectivity index (χ1) is 10.9. The Morgan fingerprint density at radius 3 is 2.83 bits per heavy atom. The van der Waals surface area contributed by atoms with Crippen molar-refractivity contribution in [3.8, 4) is 0 Å². The molecule has 1 aromatic heterocycles. The molecular weight excluding hydrogens is 328 g/mol. The molecule has 2 N–H and O–H groups in total. The lowest BCUT2D eigenvalue weighted by Crippen LogP contribution is -2.67. The molecular formula is C17H29ClN4O2. The Morgan fingerprint density at radius 2 is 2.25 bits per heavy atom. The highest BCUT2D eigenvalue weighted by Gasteiger charge is 2.55. The third-order valence-electron chi connectivity index (χ3n) is 5.56. The van der Waals surface area contributed by atoms with Crippen LogP contribution in [0.25, 0.3) is 0 Å². The van der Waals surface area contributed by atoms with Gasteiger partial charge in [-0.1, -0.05) is 20.8 Å². The Kier molecular flexibility index (Phi) is 5.94. The number of carbonyl (C=O) groups excluding carboxylic acids is 1. The Labute approximate surface area is 150 Å². The topological polar surface area (TPSA) is 68.2 Å². The molecule has 4 unspecified atom stereocenters. The molecule has 0 spiro atoms. The minimum atomic E-state index is -0.0907. The second-order valence-electron chi connectivity index (χ2n) is 7.47. The number of hydrogen-bond donors (Lipinski definition) is 2. The van der Waals surface area contributed by atoms with E-state index in [9.17, 15) is 4.79 Å². The van der Waals surface area contributed by atoms with Gasteiger partial charge in [-0.05, 0) is 25.5 Å². The number of rotatable bonds is 4. The molecule has 2 fully saturated rings. The quantitative estimate of drug-likeness (QED) is 0.866. The summed E-state index contributed by atoms with van der Waals surface area (Å²) in [5.74, 6) is 0.218. The van der Waals surface area contributed by atoms with Crippen LogP contribution in [0.2, 0.25) is 0 Å². The molecule has 2 heterocycles. The van der Waals surface area contributed by atoms with E-state index in [1.807, 2.05) is 16.9 Å². The number of amides is 1. The molecule has 6 nitrogen and oxygen atoms in total. The molecule has 4 atom stereocenters. The molecule has 1 aliphatic carbocycles. The van der Waals surface area contributed by atoms with E-state index in [4.69, 9.17) is 4.74 Å². The first-order valence-electron chi connectivity index (χ1n) is 8.54. The molecule has 1 amide bonds. The average molecular weight is 357 g/mol. The molecule has 1 aromatic rings. The molecule has 2 aliphatic rings. The first kappa shape index (κ1) is 19.2. The third-order valence-corrected chi connectivity index (χ3v) is 5.56. The predicted octanol–water partition coefficient (Wildman–Crippen LogP) is 2.02. The Hall–Kier alpha value is -1.11. The van der Waals surface area contributed by atoms with Crippen molar-refractivity contribution in [1.29, 1.82) is 0 Å². The molecule has 0 bridgehead atoms. The van der Waals surface area contributed by atoms with Gasteiger partial charge in [0.15, 0.2) is 0 Å². The van der Waals surface area contributed by atoms with Crippen LogP contribution < -0.4 is 10.6 Å². The van der Waals surface area contributed by atoms with Crippen molar-refractivity contribution < 1.29 is 9.53 Å².